The van der Waals surface area contributed by atoms with Crippen LogP contribution in [0.5, 0.6) is 5.75 Å². The Morgan fingerprint density at radius 1 is 1.11 bits per heavy atom. The zero-order valence-electron chi connectivity index (χ0n) is 11.6. The lowest BCUT2D eigenvalue weighted by atomic mass is 9.83. The Kier molecular flexibility index (Phi) is 4.91. The molecule has 2 rings (SSSR count). The molecule has 0 saturated heterocycles. The second-order valence-corrected chi connectivity index (χ2v) is 5.46. The van der Waals surface area contributed by atoms with E-state index < -0.39 is 0 Å². The van der Waals surface area contributed by atoms with Gasteiger partial charge in [-0.25, -0.2) is 0 Å². The molecule has 1 N–H and O–H groups in total. The van der Waals surface area contributed by atoms with Crippen LogP contribution in [-0.4, -0.2) is 13.2 Å². The van der Waals surface area contributed by atoms with E-state index in [1.165, 1.54) is 31.4 Å². The molecule has 1 aliphatic carbocycles. The third-order valence-corrected chi connectivity index (χ3v) is 3.90. The van der Waals surface area contributed by atoms with Crippen LogP contribution in [0.25, 0.3) is 0 Å². The molecule has 100 valence electrons. The van der Waals surface area contributed by atoms with Gasteiger partial charge in [0.15, 0.2) is 0 Å². The summed E-state index contributed by atoms with van der Waals surface area (Å²) >= 11 is 0. The van der Waals surface area contributed by atoms with E-state index >= 15 is 0 Å². The Labute approximate surface area is 111 Å². The minimum absolute atomic E-state index is 0.729. The minimum atomic E-state index is 0.729. The number of rotatable bonds is 5. The standard InChI is InChI=1S/C16H25NO/c1-3-18-16-10-8-15(9-11-16)17-12-14-6-4-13(2)5-7-14/h8-11,13-14,17H,3-7,12H2,1-2H3. The van der Waals surface area contributed by atoms with E-state index in [9.17, 15) is 0 Å². The number of anilines is 1. The summed E-state index contributed by atoms with van der Waals surface area (Å²) < 4.78 is 5.44. The van der Waals surface area contributed by atoms with Gasteiger partial charge in [0.25, 0.3) is 0 Å². The lowest BCUT2D eigenvalue weighted by Gasteiger charge is -2.26. The summed E-state index contributed by atoms with van der Waals surface area (Å²) in [5.74, 6) is 2.74. The molecule has 0 radical (unpaired) electrons. The summed E-state index contributed by atoms with van der Waals surface area (Å²) in [6.45, 7) is 6.22. The van der Waals surface area contributed by atoms with Crippen LogP contribution in [0.15, 0.2) is 24.3 Å². The van der Waals surface area contributed by atoms with Gasteiger partial charge in [-0.05, 0) is 55.9 Å². The fourth-order valence-electron chi connectivity index (χ4n) is 2.63. The summed E-state index contributed by atoms with van der Waals surface area (Å²) in [6.07, 6.45) is 5.56. The third kappa shape index (κ3) is 3.94. The number of ether oxygens (including phenoxy) is 1. The Balaban J connectivity index is 1.76. The predicted octanol–water partition coefficient (Wildman–Crippen LogP) is 4.32. The van der Waals surface area contributed by atoms with Crippen molar-refractivity contribution in [2.45, 2.75) is 39.5 Å². The lowest BCUT2D eigenvalue weighted by molar-refractivity contribution is 0.300. The fraction of sp³-hybridized carbons (Fsp3) is 0.625. The van der Waals surface area contributed by atoms with Crippen LogP contribution in [0.3, 0.4) is 0 Å². The van der Waals surface area contributed by atoms with Crippen molar-refractivity contribution in [3.05, 3.63) is 24.3 Å². The average molecular weight is 247 g/mol. The molecule has 2 nitrogen and oxygen atoms in total. The summed E-state index contributed by atoms with van der Waals surface area (Å²) in [5, 5.41) is 3.54. The van der Waals surface area contributed by atoms with Crippen LogP contribution in [-0.2, 0) is 0 Å². The van der Waals surface area contributed by atoms with Crippen molar-refractivity contribution in [2.75, 3.05) is 18.5 Å². The molecule has 0 amide bonds. The van der Waals surface area contributed by atoms with Gasteiger partial charge in [-0.2, -0.15) is 0 Å². The van der Waals surface area contributed by atoms with Crippen molar-refractivity contribution in [1.29, 1.82) is 0 Å². The van der Waals surface area contributed by atoms with Gasteiger partial charge in [0.1, 0.15) is 5.75 Å². The number of hydrogen-bond acceptors (Lipinski definition) is 2. The summed E-state index contributed by atoms with van der Waals surface area (Å²) in [7, 11) is 0. The molecule has 0 heterocycles. The molecule has 1 aromatic rings. The van der Waals surface area contributed by atoms with Crippen LogP contribution in [0.2, 0.25) is 0 Å². The molecule has 0 unspecified atom stereocenters. The molecule has 1 fully saturated rings. The molecule has 0 atom stereocenters. The summed E-state index contributed by atoms with van der Waals surface area (Å²) in [4.78, 5) is 0. The van der Waals surface area contributed by atoms with E-state index in [1.807, 2.05) is 19.1 Å². The number of nitrogens with one attached hydrogen (secondary N) is 1. The van der Waals surface area contributed by atoms with Gasteiger partial charge >= 0.3 is 0 Å². The molecule has 1 saturated carbocycles. The molecule has 1 aliphatic rings. The van der Waals surface area contributed by atoms with E-state index in [4.69, 9.17) is 4.74 Å². The maximum Gasteiger partial charge on any atom is 0.119 e. The van der Waals surface area contributed by atoms with E-state index in [2.05, 4.69) is 24.4 Å². The molecule has 0 bridgehead atoms. The maximum atomic E-state index is 5.44. The second kappa shape index (κ2) is 6.67. The van der Waals surface area contributed by atoms with E-state index in [1.54, 1.807) is 0 Å². The first-order chi connectivity index (χ1) is 8.78. The maximum absolute atomic E-state index is 5.44. The lowest BCUT2D eigenvalue weighted by Crippen LogP contribution is -2.20. The predicted molar refractivity (Wildman–Crippen MR) is 77.2 cm³/mol. The van der Waals surface area contributed by atoms with Crippen molar-refractivity contribution >= 4 is 5.69 Å². The topological polar surface area (TPSA) is 21.3 Å². The summed E-state index contributed by atoms with van der Waals surface area (Å²) in [5.41, 5.74) is 1.21. The molecule has 0 aromatic heterocycles. The normalized spacial score (nSPS) is 23.7. The number of benzene rings is 1. The highest BCUT2D eigenvalue weighted by molar-refractivity contribution is 5.46. The first kappa shape index (κ1) is 13.3. The van der Waals surface area contributed by atoms with Crippen LogP contribution in [0.1, 0.15) is 39.5 Å². The average Bonchev–Trinajstić information content (AvgIpc) is 2.40. The van der Waals surface area contributed by atoms with Crippen LogP contribution in [0, 0.1) is 11.8 Å². The van der Waals surface area contributed by atoms with E-state index in [0.29, 0.717) is 0 Å². The Bertz CT molecular complexity index is 339. The number of hydrogen-bond donors (Lipinski definition) is 1. The van der Waals surface area contributed by atoms with Gasteiger partial charge in [0, 0.05) is 12.2 Å². The molecular formula is C16H25NO. The van der Waals surface area contributed by atoms with Crippen molar-refractivity contribution in [1.82, 2.24) is 0 Å². The van der Waals surface area contributed by atoms with Crippen molar-refractivity contribution in [3.63, 3.8) is 0 Å². The molecule has 2 heteroatoms. The Morgan fingerprint density at radius 3 is 2.39 bits per heavy atom. The first-order valence-corrected chi connectivity index (χ1v) is 7.24. The van der Waals surface area contributed by atoms with Gasteiger partial charge in [-0.15, -0.1) is 0 Å². The van der Waals surface area contributed by atoms with Gasteiger partial charge < -0.3 is 10.1 Å². The molecule has 1 aromatic carbocycles. The van der Waals surface area contributed by atoms with Crippen LogP contribution < -0.4 is 10.1 Å². The molecule has 0 aliphatic heterocycles. The highest BCUT2D eigenvalue weighted by Crippen LogP contribution is 2.28. The van der Waals surface area contributed by atoms with Gasteiger partial charge in [0.2, 0.25) is 0 Å². The van der Waals surface area contributed by atoms with Crippen molar-refractivity contribution < 1.29 is 4.74 Å². The molecular weight excluding hydrogens is 222 g/mol. The van der Waals surface area contributed by atoms with Crippen LogP contribution >= 0.6 is 0 Å². The van der Waals surface area contributed by atoms with Crippen molar-refractivity contribution in [2.24, 2.45) is 11.8 Å². The van der Waals surface area contributed by atoms with Gasteiger partial charge in [-0.3, -0.25) is 0 Å². The Morgan fingerprint density at radius 2 is 1.78 bits per heavy atom. The second-order valence-electron chi connectivity index (χ2n) is 5.46. The van der Waals surface area contributed by atoms with Gasteiger partial charge in [-0.1, -0.05) is 19.8 Å². The first-order valence-electron chi connectivity index (χ1n) is 7.24. The molecule has 18 heavy (non-hydrogen) atoms. The fourth-order valence-corrected chi connectivity index (χ4v) is 2.63. The summed E-state index contributed by atoms with van der Waals surface area (Å²) in [6, 6.07) is 8.29. The quantitative estimate of drug-likeness (QED) is 0.836. The van der Waals surface area contributed by atoms with E-state index in [-0.39, 0.29) is 0 Å². The highest BCUT2D eigenvalue weighted by atomic mass is 16.5. The largest absolute Gasteiger partial charge is 0.494 e. The monoisotopic (exact) mass is 247 g/mol. The minimum Gasteiger partial charge on any atom is -0.494 e. The molecule has 0 spiro atoms. The van der Waals surface area contributed by atoms with Crippen molar-refractivity contribution in [3.8, 4) is 5.75 Å². The van der Waals surface area contributed by atoms with Gasteiger partial charge in [0.05, 0.1) is 6.61 Å². The smallest absolute Gasteiger partial charge is 0.119 e. The van der Waals surface area contributed by atoms with Crippen LogP contribution in [0.4, 0.5) is 5.69 Å². The van der Waals surface area contributed by atoms with E-state index in [0.717, 1.165) is 30.7 Å². The highest BCUT2D eigenvalue weighted by Gasteiger charge is 2.17. The zero-order valence-corrected chi connectivity index (χ0v) is 11.6. The third-order valence-electron chi connectivity index (χ3n) is 3.90. The SMILES string of the molecule is CCOc1ccc(NCC2CCC(C)CC2)cc1. The Hall–Kier alpha value is -1.18. The zero-order chi connectivity index (χ0) is 12.8.